The fourth-order valence-electron chi connectivity index (χ4n) is 1.74. The van der Waals surface area contributed by atoms with Crippen LogP contribution in [0, 0.1) is 0 Å². The lowest BCUT2D eigenvalue weighted by Gasteiger charge is -2.18. The predicted molar refractivity (Wildman–Crippen MR) is 63.5 cm³/mol. The zero-order valence-electron chi connectivity index (χ0n) is 9.53. The molecule has 0 saturated carbocycles. The van der Waals surface area contributed by atoms with Crippen molar-refractivity contribution in [3.8, 4) is 0 Å². The van der Waals surface area contributed by atoms with Gasteiger partial charge in [-0.2, -0.15) is 0 Å². The van der Waals surface area contributed by atoms with E-state index in [2.05, 4.69) is 10.6 Å². The summed E-state index contributed by atoms with van der Waals surface area (Å²) in [7, 11) is 0. The third kappa shape index (κ3) is 2.65. The normalized spacial score (nSPS) is 13.2. The van der Waals surface area contributed by atoms with Crippen LogP contribution in [0.25, 0.3) is 0 Å². The molecule has 1 aromatic rings. The number of urea groups is 1. The molecule has 1 aliphatic heterocycles. The maximum absolute atomic E-state index is 11.7. The van der Waals surface area contributed by atoms with Crippen molar-refractivity contribution < 1.29 is 19.5 Å². The number of hydrogen-bond donors (Lipinski definition) is 3. The first-order valence-corrected chi connectivity index (χ1v) is 5.49. The summed E-state index contributed by atoms with van der Waals surface area (Å²) in [6.45, 7) is 0.362. The van der Waals surface area contributed by atoms with E-state index in [1.54, 1.807) is 18.2 Å². The topological polar surface area (TPSA) is 95.5 Å². The number of hydrogen-bond acceptors (Lipinski definition) is 3. The lowest BCUT2D eigenvalue weighted by Crippen LogP contribution is -2.33. The van der Waals surface area contributed by atoms with Crippen LogP contribution in [0.15, 0.2) is 18.2 Å². The van der Waals surface area contributed by atoms with Gasteiger partial charge in [-0.1, -0.05) is 0 Å². The van der Waals surface area contributed by atoms with Crippen molar-refractivity contribution in [2.75, 3.05) is 5.32 Å². The number of anilines is 1. The zero-order chi connectivity index (χ0) is 13.1. The quantitative estimate of drug-likeness (QED) is 0.701. The highest BCUT2D eigenvalue weighted by molar-refractivity contribution is 5.99. The van der Waals surface area contributed by atoms with E-state index in [1.165, 1.54) is 0 Å². The second kappa shape index (κ2) is 4.87. The van der Waals surface area contributed by atoms with Gasteiger partial charge in [-0.3, -0.25) is 9.59 Å². The van der Waals surface area contributed by atoms with Crippen LogP contribution in [-0.2, 0) is 11.3 Å². The number of aliphatic carboxylic acids is 1. The highest BCUT2D eigenvalue weighted by atomic mass is 16.4. The van der Waals surface area contributed by atoms with Crippen molar-refractivity contribution in [2.45, 2.75) is 19.4 Å². The number of carbonyl (C=O) groups is 3. The number of carbonyl (C=O) groups excluding carboxylic acids is 2. The summed E-state index contributed by atoms with van der Waals surface area (Å²) in [5, 5.41) is 13.7. The van der Waals surface area contributed by atoms with Gasteiger partial charge >= 0.3 is 12.0 Å². The Morgan fingerprint density at radius 3 is 2.78 bits per heavy atom. The molecule has 0 spiro atoms. The van der Waals surface area contributed by atoms with Crippen molar-refractivity contribution >= 4 is 23.5 Å². The minimum absolute atomic E-state index is 0.0199. The standard InChI is InChI=1S/C12H12N2O4/c15-10(3-4-11(16)17)7-1-2-9-8(5-7)6-13-12(18)14-9/h1-2,5H,3-4,6H2,(H,16,17)(H2,13,14,18). The molecule has 6 nitrogen and oxygen atoms in total. The lowest BCUT2D eigenvalue weighted by atomic mass is 10.0. The Balaban J connectivity index is 2.13. The molecule has 0 saturated heterocycles. The van der Waals surface area contributed by atoms with Crippen LogP contribution in [-0.4, -0.2) is 22.9 Å². The molecule has 3 N–H and O–H groups in total. The number of carboxylic acid groups (broad SMARTS) is 1. The fraction of sp³-hybridized carbons (Fsp3) is 0.250. The first-order valence-electron chi connectivity index (χ1n) is 5.49. The summed E-state index contributed by atoms with van der Waals surface area (Å²) in [6, 6.07) is 4.65. The van der Waals surface area contributed by atoms with E-state index in [-0.39, 0.29) is 24.7 Å². The molecule has 0 aromatic heterocycles. The van der Waals surface area contributed by atoms with Gasteiger partial charge in [-0.05, 0) is 23.8 Å². The van der Waals surface area contributed by atoms with Crippen molar-refractivity contribution in [2.24, 2.45) is 0 Å². The second-order valence-electron chi connectivity index (χ2n) is 4.00. The molecule has 94 valence electrons. The van der Waals surface area contributed by atoms with Crippen LogP contribution in [0.5, 0.6) is 0 Å². The number of ketones is 1. The maximum atomic E-state index is 11.7. The Bertz CT molecular complexity index is 525. The predicted octanol–water partition coefficient (Wildman–Crippen LogP) is 1.37. The van der Waals surface area contributed by atoms with Gasteiger partial charge in [0.05, 0.1) is 6.42 Å². The summed E-state index contributed by atoms with van der Waals surface area (Å²) in [6.07, 6.45) is -0.196. The molecule has 0 fully saturated rings. The number of nitrogens with one attached hydrogen (secondary N) is 2. The van der Waals surface area contributed by atoms with Gasteiger partial charge < -0.3 is 15.7 Å². The van der Waals surface area contributed by atoms with Crippen molar-refractivity contribution in [1.82, 2.24) is 5.32 Å². The van der Waals surface area contributed by atoms with E-state index in [1.807, 2.05) is 0 Å². The summed E-state index contributed by atoms with van der Waals surface area (Å²) >= 11 is 0. The van der Waals surface area contributed by atoms with Crippen LogP contribution in [0.4, 0.5) is 10.5 Å². The Morgan fingerprint density at radius 1 is 1.28 bits per heavy atom. The Kier molecular flexibility index (Phi) is 3.27. The number of carboxylic acids is 1. The lowest BCUT2D eigenvalue weighted by molar-refractivity contribution is -0.136. The maximum Gasteiger partial charge on any atom is 0.319 e. The van der Waals surface area contributed by atoms with E-state index in [9.17, 15) is 14.4 Å². The molecule has 1 aromatic carbocycles. The molecule has 0 bridgehead atoms. The Labute approximate surface area is 103 Å². The van der Waals surface area contributed by atoms with Gasteiger partial charge in [-0.15, -0.1) is 0 Å². The molecule has 2 amide bonds. The number of rotatable bonds is 4. The molecule has 0 radical (unpaired) electrons. The highest BCUT2D eigenvalue weighted by Gasteiger charge is 2.16. The third-order valence-corrected chi connectivity index (χ3v) is 2.68. The highest BCUT2D eigenvalue weighted by Crippen LogP contribution is 2.21. The van der Waals surface area contributed by atoms with Crippen LogP contribution in [0.2, 0.25) is 0 Å². The molecule has 0 atom stereocenters. The molecular formula is C12H12N2O4. The summed E-state index contributed by atoms with van der Waals surface area (Å²) in [5.41, 5.74) is 1.96. The van der Waals surface area contributed by atoms with E-state index >= 15 is 0 Å². The first kappa shape index (κ1) is 12.1. The minimum Gasteiger partial charge on any atom is -0.481 e. The van der Waals surface area contributed by atoms with Crippen molar-refractivity contribution in [3.05, 3.63) is 29.3 Å². The van der Waals surface area contributed by atoms with Gasteiger partial charge in [0, 0.05) is 24.2 Å². The van der Waals surface area contributed by atoms with E-state index in [4.69, 9.17) is 5.11 Å². The molecule has 1 aliphatic rings. The molecule has 6 heteroatoms. The first-order chi connectivity index (χ1) is 8.56. The number of Topliss-reactive ketones (excluding diaryl/α,β-unsaturated/α-hetero) is 1. The largest absolute Gasteiger partial charge is 0.481 e. The monoisotopic (exact) mass is 248 g/mol. The SMILES string of the molecule is O=C(O)CCC(=O)c1ccc2c(c1)CNC(=O)N2. The average Bonchev–Trinajstić information content (AvgIpc) is 2.35. The number of amides is 2. The van der Waals surface area contributed by atoms with E-state index in [0.29, 0.717) is 17.8 Å². The van der Waals surface area contributed by atoms with Gasteiger partial charge in [-0.25, -0.2) is 4.79 Å². The number of fused-ring (bicyclic) bond motifs is 1. The molecule has 0 aliphatic carbocycles. The van der Waals surface area contributed by atoms with Gasteiger partial charge in [0.2, 0.25) is 0 Å². The van der Waals surface area contributed by atoms with Gasteiger partial charge in [0.1, 0.15) is 0 Å². The summed E-state index contributed by atoms with van der Waals surface area (Å²) in [4.78, 5) is 33.2. The summed E-state index contributed by atoms with van der Waals surface area (Å²) < 4.78 is 0. The fourth-order valence-corrected chi connectivity index (χ4v) is 1.74. The third-order valence-electron chi connectivity index (χ3n) is 2.68. The smallest absolute Gasteiger partial charge is 0.319 e. The van der Waals surface area contributed by atoms with Crippen LogP contribution >= 0.6 is 0 Å². The molecular weight excluding hydrogens is 236 g/mol. The number of benzene rings is 1. The Morgan fingerprint density at radius 2 is 2.06 bits per heavy atom. The van der Waals surface area contributed by atoms with Crippen LogP contribution in [0.1, 0.15) is 28.8 Å². The molecule has 0 unspecified atom stereocenters. The van der Waals surface area contributed by atoms with Gasteiger partial charge in [0.15, 0.2) is 5.78 Å². The van der Waals surface area contributed by atoms with Crippen LogP contribution in [0.3, 0.4) is 0 Å². The van der Waals surface area contributed by atoms with Crippen molar-refractivity contribution in [1.29, 1.82) is 0 Å². The van der Waals surface area contributed by atoms with Crippen LogP contribution < -0.4 is 10.6 Å². The molecule has 1 heterocycles. The van der Waals surface area contributed by atoms with Gasteiger partial charge in [0.25, 0.3) is 0 Å². The molecule has 18 heavy (non-hydrogen) atoms. The van der Waals surface area contributed by atoms with Crippen molar-refractivity contribution in [3.63, 3.8) is 0 Å². The molecule has 2 rings (SSSR count). The zero-order valence-corrected chi connectivity index (χ0v) is 9.53. The minimum atomic E-state index is -0.991. The Hall–Kier alpha value is -2.37. The van der Waals surface area contributed by atoms with E-state index in [0.717, 1.165) is 5.56 Å². The van der Waals surface area contributed by atoms with E-state index < -0.39 is 5.97 Å². The average molecular weight is 248 g/mol. The summed E-state index contributed by atoms with van der Waals surface area (Å²) in [5.74, 6) is -1.20. The second-order valence-corrected chi connectivity index (χ2v) is 4.00.